The standard InChI is InChI=1S/C10H11F9O2/c1-2-20-5-6-21-4-3-7(11,12)8(13,14)9(15,16)10(17,18)19/h2H,1,3-6H2. The summed E-state index contributed by atoms with van der Waals surface area (Å²) in [5, 5.41) is 0. The molecule has 0 rings (SSSR count). The Kier molecular flexibility index (Phi) is 6.39. The van der Waals surface area contributed by atoms with Crippen LogP contribution < -0.4 is 0 Å². The third kappa shape index (κ3) is 4.42. The predicted molar refractivity (Wildman–Crippen MR) is 52.5 cm³/mol. The summed E-state index contributed by atoms with van der Waals surface area (Å²) in [6, 6.07) is 0. The molecule has 0 aromatic carbocycles. The number of halogens is 9. The van der Waals surface area contributed by atoms with Crippen molar-refractivity contribution < 1.29 is 49.0 Å². The lowest BCUT2D eigenvalue weighted by atomic mass is 10.0. The SMILES string of the molecule is C=COCCOCCC(F)(F)C(F)(F)C(F)(F)C(F)(F)F. The molecule has 21 heavy (non-hydrogen) atoms. The molecule has 0 aromatic heterocycles. The van der Waals surface area contributed by atoms with Gasteiger partial charge in [0.25, 0.3) is 0 Å². The van der Waals surface area contributed by atoms with Gasteiger partial charge in [0.15, 0.2) is 0 Å². The molecule has 0 aliphatic carbocycles. The predicted octanol–water partition coefficient (Wildman–Crippen LogP) is 4.02. The molecule has 0 amide bonds. The van der Waals surface area contributed by atoms with E-state index in [9.17, 15) is 39.5 Å². The van der Waals surface area contributed by atoms with E-state index in [1.54, 1.807) is 0 Å². The lowest BCUT2D eigenvalue weighted by Crippen LogP contribution is -2.61. The first-order valence-corrected chi connectivity index (χ1v) is 5.31. The third-order valence-corrected chi connectivity index (χ3v) is 2.23. The summed E-state index contributed by atoms with van der Waals surface area (Å²) in [5.41, 5.74) is 0. The average Bonchev–Trinajstić information content (AvgIpc) is 2.31. The Balaban J connectivity index is 4.70. The van der Waals surface area contributed by atoms with Gasteiger partial charge in [0.2, 0.25) is 0 Å². The van der Waals surface area contributed by atoms with Gasteiger partial charge in [0.1, 0.15) is 6.61 Å². The molecule has 11 heteroatoms. The van der Waals surface area contributed by atoms with Crippen molar-refractivity contribution in [1.29, 1.82) is 0 Å². The van der Waals surface area contributed by atoms with E-state index in [0.717, 1.165) is 6.26 Å². The topological polar surface area (TPSA) is 18.5 Å². The largest absolute Gasteiger partial charge is 0.499 e. The zero-order chi connectivity index (χ0) is 16.9. The summed E-state index contributed by atoms with van der Waals surface area (Å²) in [6.07, 6.45) is -7.85. The highest BCUT2D eigenvalue weighted by Crippen LogP contribution is 2.53. The van der Waals surface area contributed by atoms with E-state index in [1.165, 1.54) is 0 Å². The molecular weight excluding hydrogens is 323 g/mol. The minimum Gasteiger partial charge on any atom is -0.499 e. The molecule has 0 aliphatic rings. The number of hydrogen-bond acceptors (Lipinski definition) is 2. The molecule has 2 nitrogen and oxygen atoms in total. The molecule has 0 spiro atoms. The van der Waals surface area contributed by atoms with Crippen LogP contribution in [0.5, 0.6) is 0 Å². The average molecular weight is 334 g/mol. The minimum atomic E-state index is -6.87. The van der Waals surface area contributed by atoms with Crippen LogP contribution in [0, 0.1) is 0 Å². The lowest BCUT2D eigenvalue weighted by molar-refractivity contribution is -0.397. The summed E-state index contributed by atoms with van der Waals surface area (Å²) in [7, 11) is 0. The number of alkyl halides is 9. The molecule has 126 valence electrons. The van der Waals surface area contributed by atoms with Gasteiger partial charge < -0.3 is 9.47 Å². The van der Waals surface area contributed by atoms with Crippen LogP contribution in [0.15, 0.2) is 12.8 Å². The monoisotopic (exact) mass is 334 g/mol. The van der Waals surface area contributed by atoms with Crippen LogP contribution in [0.2, 0.25) is 0 Å². The maximum absolute atomic E-state index is 12.9. The lowest BCUT2D eigenvalue weighted by Gasteiger charge is -2.33. The fourth-order valence-electron chi connectivity index (χ4n) is 1.06. The molecule has 0 bridgehead atoms. The summed E-state index contributed by atoms with van der Waals surface area (Å²) in [5.74, 6) is -19.1. The fraction of sp³-hybridized carbons (Fsp3) is 0.800. The Hall–Kier alpha value is -1.13. The number of hydrogen-bond donors (Lipinski definition) is 0. The maximum atomic E-state index is 12.9. The van der Waals surface area contributed by atoms with E-state index < -0.39 is 37.0 Å². The van der Waals surface area contributed by atoms with Crippen LogP contribution in [-0.2, 0) is 9.47 Å². The van der Waals surface area contributed by atoms with E-state index in [2.05, 4.69) is 16.1 Å². The molecular formula is C10H11F9O2. The van der Waals surface area contributed by atoms with Gasteiger partial charge in [0.05, 0.1) is 19.5 Å². The van der Waals surface area contributed by atoms with Gasteiger partial charge in [-0.15, -0.1) is 0 Å². The Morgan fingerprint density at radius 3 is 1.71 bits per heavy atom. The first kappa shape index (κ1) is 19.9. The van der Waals surface area contributed by atoms with Crippen molar-refractivity contribution in [2.75, 3.05) is 19.8 Å². The summed E-state index contributed by atoms with van der Waals surface area (Å²) in [6.45, 7) is 1.42. The first-order chi connectivity index (χ1) is 9.31. The summed E-state index contributed by atoms with van der Waals surface area (Å²) in [4.78, 5) is 0. The van der Waals surface area contributed by atoms with E-state index in [0.29, 0.717) is 0 Å². The zero-order valence-electron chi connectivity index (χ0n) is 10.3. The highest BCUT2D eigenvalue weighted by Gasteiger charge is 2.81. The van der Waals surface area contributed by atoms with Crippen LogP contribution in [0.4, 0.5) is 39.5 Å². The fourth-order valence-corrected chi connectivity index (χ4v) is 1.06. The highest BCUT2D eigenvalue weighted by atomic mass is 19.4. The maximum Gasteiger partial charge on any atom is 0.460 e. The van der Waals surface area contributed by atoms with E-state index in [4.69, 9.17) is 0 Å². The van der Waals surface area contributed by atoms with Crippen molar-refractivity contribution in [2.45, 2.75) is 30.4 Å². The molecule has 0 radical (unpaired) electrons. The Bertz CT molecular complexity index is 338. The molecule has 0 aromatic rings. The summed E-state index contributed by atoms with van der Waals surface area (Å²) < 4.78 is 120. The quantitative estimate of drug-likeness (QED) is 0.360. The van der Waals surface area contributed by atoms with Gasteiger partial charge in [-0.3, -0.25) is 0 Å². The first-order valence-electron chi connectivity index (χ1n) is 5.31. The number of rotatable bonds is 9. The minimum absolute atomic E-state index is 0.176. The second kappa shape index (κ2) is 6.75. The molecule has 0 saturated carbocycles. The molecule has 0 aliphatic heterocycles. The smallest absolute Gasteiger partial charge is 0.460 e. The molecule has 0 atom stereocenters. The molecule has 0 unspecified atom stereocenters. The van der Waals surface area contributed by atoms with E-state index >= 15 is 0 Å². The highest BCUT2D eigenvalue weighted by molar-refractivity contribution is 5.00. The van der Waals surface area contributed by atoms with Gasteiger partial charge >= 0.3 is 23.9 Å². The van der Waals surface area contributed by atoms with Crippen LogP contribution in [-0.4, -0.2) is 43.8 Å². The Morgan fingerprint density at radius 2 is 1.29 bits per heavy atom. The van der Waals surface area contributed by atoms with Crippen molar-refractivity contribution in [3.63, 3.8) is 0 Å². The van der Waals surface area contributed by atoms with Gasteiger partial charge in [-0.1, -0.05) is 6.58 Å². The molecule has 0 fully saturated rings. The number of ether oxygens (including phenoxy) is 2. The van der Waals surface area contributed by atoms with E-state index in [1.807, 2.05) is 0 Å². The normalized spacial score (nSPS) is 14.1. The second-order valence-corrected chi connectivity index (χ2v) is 3.75. The molecule has 0 N–H and O–H groups in total. The zero-order valence-corrected chi connectivity index (χ0v) is 10.3. The van der Waals surface area contributed by atoms with Crippen LogP contribution in [0.1, 0.15) is 6.42 Å². The van der Waals surface area contributed by atoms with Crippen LogP contribution in [0.25, 0.3) is 0 Å². The van der Waals surface area contributed by atoms with Gasteiger partial charge in [-0.25, -0.2) is 0 Å². The third-order valence-electron chi connectivity index (χ3n) is 2.23. The van der Waals surface area contributed by atoms with Gasteiger partial charge in [0, 0.05) is 6.42 Å². The van der Waals surface area contributed by atoms with Gasteiger partial charge in [-0.05, 0) is 0 Å². The summed E-state index contributed by atoms with van der Waals surface area (Å²) >= 11 is 0. The molecule has 0 saturated heterocycles. The molecule has 0 heterocycles. The van der Waals surface area contributed by atoms with Crippen molar-refractivity contribution in [1.82, 2.24) is 0 Å². The van der Waals surface area contributed by atoms with Crippen molar-refractivity contribution in [2.24, 2.45) is 0 Å². The van der Waals surface area contributed by atoms with Crippen molar-refractivity contribution in [3.05, 3.63) is 12.8 Å². The van der Waals surface area contributed by atoms with Crippen molar-refractivity contribution in [3.8, 4) is 0 Å². The van der Waals surface area contributed by atoms with Crippen LogP contribution in [0.3, 0.4) is 0 Å². The van der Waals surface area contributed by atoms with Crippen LogP contribution >= 0.6 is 0 Å². The second-order valence-electron chi connectivity index (χ2n) is 3.75. The van der Waals surface area contributed by atoms with E-state index in [-0.39, 0.29) is 13.2 Å². The Labute approximate surface area is 113 Å². The Morgan fingerprint density at radius 1 is 0.762 bits per heavy atom. The van der Waals surface area contributed by atoms with Crippen molar-refractivity contribution >= 4 is 0 Å². The van der Waals surface area contributed by atoms with Gasteiger partial charge in [-0.2, -0.15) is 39.5 Å².